The maximum absolute atomic E-state index is 12.6. The third-order valence-electron chi connectivity index (χ3n) is 8.47. The molecule has 2 fully saturated rings. The largest absolute Gasteiger partial charge is 0.481 e. The normalized spacial score (nSPS) is 22.2. The summed E-state index contributed by atoms with van der Waals surface area (Å²) in [6.07, 6.45) is 5.85. The van der Waals surface area contributed by atoms with Gasteiger partial charge in [0.15, 0.2) is 0 Å². The van der Waals surface area contributed by atoms with Gasteiger partial charge < -0.3 is 19.1 Å². The molecule has 1 amide bonds. The zero-order valence-corrected chi connectivity index (χ0v) is 22.1. The Bertz CT molecular complexity index is 1350. The molecule has 200 valence electrons. The van der Waals surface area contributed by atoms with Gasteiger partial charge in [-0.25, -0.2) is 9.78 Å². The van der Waals surface area contributed by atoms with Gasteiger partial charge in [-0.15, -0.1) is 0 Å². The Labute approximate surface area is 222 Å². The van der Waals surface area contributed by atoms with Crippen molar-refractivity contribution >= 4 is 28.8 Å². The monoisotopic (exact) mass is 517 g/mol. The van der Waals surface area contributed by atoms with Crippen molar-refractivity contribution in [1.29, 1.82) is 0 Å². The first kappa shape index (κ1) is 24.9. The van der Waals surface area contributed by atoms with Crippen molar-refractivity contribution in [2.24, 2.45) is 0 Å². The number of carbonyl (C=O) groups is 2. The number of methoxy groups -OCH3 is 1. The second kappa shape index (κ2) is 10.1. The van der Waals surface area contributed by atoms with Crippen molar-refractivity contribution in [1.82, 2.24) is 9.55 Å². The van der Waals surface area contributed by atoms with Crippen molar-refractivity contribution in [2.45, 2.75) is 75.8 Å². The van der Waals surface area contributed by atoms with E-state index in [4.69, 9.17) is 14.5 Å². The topological polar surface area (TPSA) is 93.9 Å². The van der Waals surface area contributed by atoms with Crippen molar-refractivity contribution in [3.8, 4) is 0 Å². The first-order valence-corrected chi connectivity index (χ1v) is 13.8. The van der Waals surface area contributed by atoms with Crippen LogP contribution in [0, 0.1) is 0 Å². The van der Waals surface area contributed by atoms with E-state index in [-0.39, 0.29) is 24.6 Å². The molecule has 1 aliphatic carbocycles. The highest BCUT2D eigenvalue weighted by molar-refractivity contribution is 5.95. The number of carboxylic acids is 1. The second-order valence-electron chi connectivity index (χ2n) is 11.0. The van der Waals surface area contributed by atoms with E-state index in [9.17, 15) is 14.7 Å². The predicted molar refractivity (Wildman–Crippen MR) is 144 cm³/mol. The molecule has 3 atom stereocenters. The third kappa shape index (κ3) is 4.45. The van der Waals surface area contributed by atoms with E-state index >= 15 is 0 Å². The molecule has 6 rings (SSSR count). The molecule has 1 N–H and O–H groups in total. The van der Waals surface area contributed by atoms with Crippen LogP contribution in [-0.2, 0) is 27.1 Å². The van der Waals surface area contributed by atoms with Crippen LogP contribution in [-0.4, -0.2) is 53.1 Å². The zero-order valence-electron chi connectivity index (χ0n) is 22.1. The van der Waals surface area contributed by atoms with Crippen LogP contribution >= 0.6 is 0 Å². The number of carboxylic acid groups (broad SMARTS) is 1. The zero-order chi connectivity index (χ0) is 26.4. The number of aliphatic carboxylic acids is 1. The number of imidazole rings is 1. The quantitative estimate of drug-likeness (QED) is 0.459. The molecule has 38 heavy (non-hydrogen) atoms. The Morgan fingerprint density at radius 3 is 2.58 bits per heavy atom. The minimum absolute atomic E-state index is 0.0238. The molecule has 2 aromatic carbocycles. The van der Waals surface area contributed by atoms with E-state index < -0.39 is 11.9 Å². The lowest BCUT2D eigenvalue weighted by atomic mass is 9.93. The van der Waals surface area contributed by atoms with Crippen LogP contribution in [0.15, 0.2) is 36.4 Å². The Morgan fingerprint density at radius 2 is 1.92 bits per heavy atom. The van der Waals surface area contributed by atoms with E-state index in [2.05, 4.69) is 16.7 Å². The van der Waals surface area contributed by atoms with Gasteiger partial charge in [-0.3, -0.25) is 9.69 Å². The van der Waals surface area contributed by atoms with Crippen LogP contribution in [0.4, 0.5) is 10.5 Å². The predicted octanol–water partition coefficient (Wildman–Crippen LogP) is 5.58. The smallest absolute Gasteiger partial charge is 0.414 e. The minimum Gasteiger partial charge on any atom is -0.481 e. The van der Waals surface area contributed by atoms with Crippen molar-refractivity contribution in [3.63, 3.8) is 0 Å². The molecule has 0 radical (unpaired) electrons. The molecular weight excluding hydrogens is 482 g/mol. The summed E-state index contributed by atoms with van der Waals surface area (Å²) in [4.78, 5) is 32.0. The van der Waals surface area contributed by atoms with Gasteiger partial charge in [0.1, 0.15) is 5.82 Å². The summed E-state index contributed by atoms with van der Waals surface area (Å²) < 4.78 is 13.1. The average molecular weight is 518 g/mol. The van der Waals surface area contributed by atoms with E-state index in [0.717, 1.165) is 66.0 Å². The average Bonchev–Trinajstić information content (AvgIpc) is 3.72. The molecule has 0 spiro atoms. The minimum atomic E-state index is -0.851. The summed E-state index contributed by atoms with van der Waals surface area (Å²) in [7, 11) is 1.40. The molecule has 3 heterocycles. The summed E-state index contributed by atoms with van der Waals surface area (Å²) in [6.45, 7) is 3.35. The number of nitrogens with zero attached hydrogens (tertiary/aromatic N) is 3. The Morgan fingerprint density at radius 1 is 1.13 bits per heavy atom. The van der Waals surface area contributed by atoms with Gasteiger partial charge in [0.2, 0.25) is 0 Å². The van der Waals surface area contributed by atoms with Crippen LogP contribution in [0.2, 0.25) is 0 Å². The molecular formula is C30H35N3O5. The van der Waals surface area contributed by atoms with Crippen molar-refractivity contribution < 1.29 is 24.2 Å². The van der Waals surface area contributed by atoms with Crippen molar-refractivity contribution in [2.75, 3.05) is 25.2 Å². The third-order valence-corrected chi connectivity index (χ3v) is 8.47. The van der Waals surface area contributed by atoms with Crippen LogP contribution < -0.4 is 4.90 Å². The number of hydrogen-bond acceptors (Lipinski definition) is 5. The molecule has 3 aromatic rings. The lowest BCUT2D eigenvalue weighted by molar-refractivity contribution is -0.138. The van der Waals surface area contributed by atoms with E-state index in [1.165, 1.54) is 25.5 Å². The van der Waals surface area contributed by atoms with Crippen LogP contribution in [0.5, 0.6) is 0 Å². The SMILES string of the molecule is COC(=O)N1c2ccc3c(nc(C[C@@H](C(=O)O)c4ccc(C5CC5)cc4)n3[C@H]3CCCOC3)c2CC[C@@H]1C. The Hall–Kier alpha value is -3.39. The number of rotatable bonds is 6. The lowest BCUT2D eigenvalue weighted by Crippen LogP contribution is -2.42. The number of anilines is 1. The maximum atomic E-state index is 12.6. The number of benzene rings is 2. The van der Waals surface area contributed by atoms with E-state index in [1.807, 2.05) is 31.2 Å². The van der Waals surface area contributed by atoms with Crippen LogP contribution in [0.3, 0.4) is 0 Å². The number of amides is 1. The summed E-state index contributed by atoms with van der Waals surface area (Å²) >= 11 is 0. The molecule has 0 bridgehead atoms. The molecule has 8 heteroatoms. The molecule has 1 saturated heterocycles. The standard InChI is InChI=1S/C30H35N3O5/c1-18-5-12-23-25(32(18)30(36)37-2)13-14-26-28(23)31-27(33(26)22-4-3-15-38-17-22)16-24(29(34)35)21-10-8-20(9-11-21)19-6-7-19/h8-11,13-14,18-19,22,24H,3-7,12,15-17H2,1-2H3,(H,34,35)/t18-,22-,24+/m0/s1. The van der Waals surface area contributed by atoms with Gasteiger partial charge in [-0.1, -0.05) is 24.3 Å². The highest BCUT2D eigenvalue weighted by atomic mass is 16.5. The second-order valence-corrected chi connectivity index (χ2v) is 11.0. The number of ether oxygens (including phenoxy) is 2. The van der Waals surface area contributed by atoms with Gasteiger partial charge in [0.05, 0.1) is 42.4 Å². The number of carbonyl (C=O) groups excluding carboxylic acids is 1. The van der Waals surface area contributed by atoms with E-state index in [0.29, 0.717) is 12.5 Å². The summed E-state index contributed by atoms with van der Waals surface area (Å²) in [5.74, 6) is -0.173. The first-order chi connectivity index (χ1) is 18.5. The van der Waals surface area contributed by atoms with Crippen LogP contribution in [0.1, 0.15) is 79.4 Å². The highest BCUT2D eigenvalue weighted by Crippen LogP contribution is 2.41. The highest BCUT2D eigenvalue weighted by Gasteiger charge is 2.34. The molecule has 1 saturated carbocycles. The summed E-state index contributed by atoms with van der Waals surface area (Å²) in [5.41, 5.74) is 5.75. The molecule has 2 aliphatic heterocycles. The number of hydrogen-bond donors (Lipinski definition) is 1. The molecule has 8 nitrogen and oxygen atoms in total. The van der Waals surface area contributed by atoms with Gasteiger partial charge in [0.25, 0.3) is 0 Å². The number of aromatic nitrogens is 2. The number of aryl methyl sites for hydroxylation is 1. The van der Waals surface area contributed by atoms with E-state index in [1.54, 1.807) is 4.90 Å². The van der Waals surface area contributed by atoms with Crippen LogP contribution in [0.25, 0.3) is 11.0 Å². The Balaban J connectivity index is 1.44. The number of fused-ring (bicyclic) bond motifs is 3. The molecule has 3 aliphatic rings. The maximum Gasteiger partial charge on any atom is 0.414 e. The van der Waals surface area contributed by atoms with Gasteiger partial charge >= 0.3 is 12.1 Å². The lowest BCUT2D eigenvalue weighted by Gasteiger charge is -2.34. The van der Waals surface area contributed by atoms with Gasteiger partial charge in [-0.05, 0) is 74.6 Å². The fourth-order valence-electron chi connectivity index (χ4n) is 6.25. The molecule has 1 aromatic heterocycles. The molecule has 0 unspecified atom stereocenters. The van der Waals surface area contributed by atoms with Gasteiger partial charge in [-0.2, -0.15) is 0 Å². The fraction of sp³-hybridized carbons (Fsp3) is 0.500. The summed E-state index contributed by atoms with van der Waals surface area (Å²) in [6, 6.07) is 12.2. The summed E-state index contributed by atoms with van der Waals surface area (Å²) in [5, 5.41) is 10.3. The Kier molecular flexibility index (Phi) is 6.60. The fourth-order valence-corrected chi connectivity index (χ4v) is 6.25. The first-order valence-electron chi connectivity index (χ1n) is 13.8. The van der Waals surface area contributed by atoms with Crippen molar-refractivity contribution in [3.05, 3.63) is 58.9 Å². The van der Waals surface area contributed by atoms with Gasteiger partial charge in [0, 0.05) is 24.6 Å².